The van der Waals surface area contributed by atoms with Gasteiger partial charge in [-0.3, -0.25) is 4.79 Å². The fourth-order valence-corrected chi connectivity index (χ4v) is 2.28. The van der Waals surface area contributed by atoms with Gasteiger partial charge in [-0.1, -0.05) is 13.0 Å². The van der Waals surface area contributed by atoms with Crippen molar-refractivity contribution in [2.24, 2.45) is 0 Å². The minimum absolute atomic E-state index is 0.0640. The van der Waals surface area contributed by atoms with Gasteiger partial charge in [-0.2, -0.15) is 0 Å². The van der Waals surface area contributed by atoms with Crippen LogP contribution in [-0.4, -0.2) is 19.5 Å². The van der Waals surface area contributed by atoms with E-state index < -0.39 is 0 Å². The number of aromatic nitrogens is 4. The third-order valence-electron chi connectivity index (χ3n) is 3.23. The molecular weight excluding hydrogens is 252 g/mol. The molecule has 0 spiro atoms. The zero-order valence-corrected chi connectivity index (χ0v) is 11.3. The summed E-state index contributed by atoms with van der Waals surface area (Å²) in [5, 5.41) is 0.641. The Morgan fingerprint density at radius 2 is 2.25 bits per heavy atom. The van der Waals surface area contributed by atoms with Crippen LogP contribution in [0.1, 0.15) is 24.7 Å². The Labute approximate surface area is 116 Å². The van der Waals surface area contributed by atoms with Gasteiger partial charge in [-0.05, 0) is 24.1 Å². The molecule has 3 aromatic rings. The lowest BCUT2D eigenvalue weighted by Gasteiger charge is -2.05. The fourth-order valence-electron chi connectivity index (χ4n) is 2.28. The molecule has 0 unspecified atom stereocenters. The van der Waals surface area contributed by atoms with E-state index in [2.05, 4.69) is 21.9 Å². The number of rotatable bonds is 4. The molecule has 0 aliphatic carbocycles. The maximum Gasteiger partial charge on any atom is 0.258 e. The molecule has 3 rings (SSSR count). The van der Waals surface area contributed by atoms with Crippen LogP contribution < -0.4 is 5.56 Å². The number of imidazole rings is 1. The normalized spacial score (nSPS) is 11.1. The van der Waals surface area contributed by atoms with Crippen LogP contribution in [0.3, 0.4) is 0 Å². The van der Waals surface area contributed by atoms with Gasteiger partial charge in [0.15, 0.2) is 0 Å². The highest BCUT2D eigenvalue weighted by Gasteiger charge is 2.05. The SMILES string of the molecule is CCCc1nc2ccc(Cn3ccnc3)cc2c(=O)[nH]1. The van der Waals surface area contributed by atoms with E-state index in [0.717, 1.165) is 29.7 Å². The molecule has 0 saturated heterocycles. The van der Waals surface area contributed by atoms with E-state index >= 15 is 0 Å². The maximum atomic E-state index is 12.1. The van der Waals surface area contributed by atoms with Crippen molar-refractivity contribution in [3.8, 4) is 0 Å². The summed E-state index contributed by atoms with van der Waals surface area (Å²) in [7, 11) is 0. The number of aromatic amines is 1. The van der Waals surface area contributed by atoms with E-state index in [0.29, 0.717) is 11.9 Å². The van der Waals surface area contributed by atoms with Crippen LogP contribution in [-0.2, 0) is 13.0 Å². The van der Waals surface area contributed by atoms with Gasteiger partial charge in [0.25, 0.3) is 5.56 Å². The topological polar surface area (TPSA) is 63.6 Å². The van der Waals surface area contributed by atoms with Crippen LogP contribution in [0, 0.1) is 0 Å². The first-order chi connectivity index (χ1) is 9.76. The van der Waals surface area contributed by atoms with Crippen molar-refractivity contribution < 1.29 is 0 Å². The lowest BCUT2D eigenvalue weighted by molar-refractivity contribution is 0.797. The summed E-state index contributed by atoms with van der Waals surface area (Å²) in [6.45, 7) is 2.77. The largest absolute Gasteiger partial charge is 0.333 e. The van der Waals surface area contributed by atoms with Crippen molar-refractivity contribution in [2.45, 2.75) is 26.3 Å². The molecule has 0 amide bonds. The Balaban J connectivity index is 2.01. The molecule has 5 nitrogen and oxygen atoms in total. The standard InChI is InChI=1S/C15H16N4O/c1-2-3-14-17-13-5-4-11(8-12(13)15(20)18-14)9-19-7-6-16-10-19/h4-8,10H,2-3,9H2,1H3,(H,17,18,20). The Morgan fingerprint density at radius 1 is 1.35 bits per heavy atom. The summed E-state index contributed by atoms with van der Waals surface area (Å²) in [6.07, 6.45) is 7.16. The first-order valence-electron chi connectivity index (χ1n) is 6.74. The summed E-state index contributed by atoms with van der Waals surface area (Å²) in [5.74, 6) is 0.757. The molecule has 5 heteroatoms. The monoisotopic (exact) mass is 268 g/mol. The molecule has 0 fully saturated rings. The first-order valence-corrected chi connectivity index (χ1v) is 6.74. The highest BCUT2D eigenvalue weighted by Crippen LogP contribution is 2.12. The molecule has 102 valence electrons. The van der Waals surface area contributed by atoms with Crippen molar-refractivity contribution in [2.75, 3.05) is 0 Å². The van der Waals surface area contributed by atoms with E-state index in [4.69, 9.17) is 0 Å². The zero-order valence-electron chi connectivity index (χ0n) is 11.3. The lowest BCUT2D eigenvalue weighted by Crippen LogP contribution is -2.12. The van der Waals surface area contributed by atoms with Crippen LogP contribution in [0.15, 0.2) is 41.7 Å². The van der Waals surface area contributed by atoms with Crippen molar-refractivity contribution in [1.82, 2.24) is 19.5 Å². The van der Waals surface area contributed by atoms with E-state index in [1.54, 1.807) is 12.5 Å². The number of H-pyrrole nitrogens is 1. The number of nitrogens with zero attached hydrogens (tertiary/aromatic N) is 3. The van der Waals surface area contributed by atoms with Crippen LogP contribution in [0.4, 0.5) is 0 Å². The zero-order chi connectivity index (χ0) is 13.9. The molecular formula is C15H16N4O. The lowest BCUT2D eigenvalue weighted by atomic mass is 10.1. The fraction of sp³-hybridized carbons (Fsp3) is 0.267. The van der Waals surface area contributed by atoms with Crippen LogP contribution in [0.2, 0.25) is 0 Å². The van der Waals surface area contributed by atoms with E-state index in [1.807, 2.05) is 29.0 Å². The number of nitrogens with one attached hydrogen (secondary N) is 1. The van der Waals surface area contributed by atoms with Gasteiger partial charge in [0.05, 0.1) is 17.2 Å². The molecule has 0 aliphatic rings. The smallest absolute Gasteiger partial charge is 0.258 e. The molecule has 1 aromatic carbocycles. The molecule has 0 radical (unpaired) electrons. The molecule has 1 N–H and O–H groups in total. The molecule has 20 heavy (non-hydrogen) atoms. The van der Waals surface area contributed by atoms with Crippen molar-refractivity contribution in [3.05, 3.63) is 58.7 Å². The van der Waals surface area contributed by atoms with Gasteiger partial charge in [0.2, 0.25) is 0 Å². The maximum absolute atomic E-state index is 12.1. The van der Waals surface area contributed by atoms with Gasteiger partial charge in [0.1, 0.15) is 5.82 Å². The molecule has 0 atom stereocenters. The van der Waals surface area contributed by atoms with Gasteiger partial charge in [-0.15, -0.1) is 0 Å². The van der Waals surface area contributed by atoms with E-state index in [-0.39, 0.29) is 5.56 Å². The second-order valence-electron chi connectivity index (χ2n) is 4.85. The predicted molar refractivity (Wildman–Crippen MR) is 77.7 cm³/mol. The van der Waals surface area contributed by atoms with Gasteiger partial charge in [-0.25, -0.2) is 9.97 Å². The highest BCUT2D eigenvalue weighted by atomic mass is 16.1. The summed E-state index contributed by atoms with van der Waals surface area (Å²) in [5.41, 5.74) is 1.75. The van der Waals surface area contributed by atoms with Crippen molar-refractivity contribution in [1.29, 1.82) is 0 Å². The van der Waals surface area contributed by atoms with Crippen LogP contribution in [0.5, 0.6) is 0 Å². The Bertz CT molecular complexity index is 774. The summed E-state index contributed by atoms with van der Waals surface area (Å²) < 4.78 is 1.97. The first kappa shape index (κ1) is 12.6. The number of aryl methyl sites for hydroxylation is 1. The molecule has 0 aliphatic heterocycles. The summed E-state index contributed by atoms with van der Waals surface area (Å²) in [6, 6.07) is 5.82. The van der Waals surface area contributed by atoms with Crippen molar-refractivity contribution in [3.63, 3.8) is 0 Å². The Kier molecular flexibility index (Phi) is 3.33. The van der Waals surface area contributed by atoms with Gasteiger partial charge >= 0.3 is 0 Å². The van der Waals surface area contributed by atoms with Crippen LogP contribution in [0.25, 0.3) is 10.9 Å². The summed E-state index contributed by atoms with van der Waals surface area (Å²) in [4.78, 5) is 23.5. The minimum Gasteiger partial charge on any atom is -0.333 e. The molecule has 0 bridgehead atoms. The molecule has 2 heterocycles. The average Bonchev–Trinajstić information content (AvgIpc) is 2.93. The van der Waals surface area contributed by atoms with Crippen molar-refractivity contribution >= 4 is 10.9 Å². The Hall–Kier alpha value is -2.43. The van der Waals surface area contributed by atoms with E-state index in [1.165, 1.54) is 0 Å². The van der Waals surface area contributed by atoms with Gasteiger partial charge < -0.3 is 9.55 Å². The van der Waals surface area contributed by atoms with Gasteiger partial charge in [0, 0.05) is 25.4 Å². The number of fused-ring (bicyclic) bond motifs is 1. The average molecular weight is 268 g/mol. The third kappa shape index (κ3) is 2.47. The molecule has 0 saturated carbocycles. The van der Waals surface area contributed by atoms with E-state index in [9.17, 15) is 4.79 Å². The predicted octanol–water partition coefficient (Wildman–Crippen LogP) is 2.12. The minimum atomic E-state index is -0.0640. The van der Waals surface area contributed by atoms with Crippen LogP contribution >= 0.6 is 0 Å². The highest BCUT2D eigenvalue weighted by molar-refractivity contribution is 5.78. The second kappa shape index (κ2) is 5.28. The number of hydrogen-bond acceptors (Lipinski definition) is 3. The molecule has 2 aromatic heterocycles. The number of benzene rings is 1. The Morgan fingerprint density at radius 3 is 3.00 bits per heavy atom. The number of hydrogen-bond donors (Lipinski definition) is 1. The summed E-state index contributed by atoms with van der Waals surface area (Å²) >= 11 is 0. The third-order valence-corrected chi connectivity index (χ3v) is 3.23. The quantitative estimate of drug-likeness (QED) is 0.788. The second-order valence-corrected chi connectivity index (χ2v) is 4.85.